The van der Waals surface area contributed by atoms with E-state index in [1.165, 1.54) is 30.1 Å². The normalized spacial score (nSPS) is 16.1. The minimum absolute atomic E-state index is 0.0174. The number of H-pyrrole nitrogens is 1. The summed E-state index contributed by atoms with van der Waals surface area (Å²) in [5, 5.41) is 0.195. The molecule has 0 spiro atoms. The summed E-state index contributed by atoms with van der Waals surface area (Å²) in [4.78, 5) is 29.1. The fraction of sp³-hybridized carbons (Fsp3) is 0.200. The molecule has 144 valence electrons. The summed E-state index contributed by atoms with van der Waals surface area (Å²) in [6, 6.07) is 6.36. The topological polar surface area (TPSA) is 62.4 Å². The van der Waals surface area contributed by atoms with Crippen LogP contribution < -0.4 is 5.56 Å². The van der Waals surface area contributed by atoms with Crippen molar-refractivity contribution in [2.24, 2.45) is 0 Å². The Kier molecular flexibility index (Phi) is 4.43. The van der Waals surface area contributed by atoms with Crippen molar-refractivity contribution in [2.75, 3.05) is 13.7 Å². The van der Waals surface area contributed by atoms with Gasteiger partial charge in [0.15, 0.2) is 11.6 Å². The zero-order valence-electron chi connectivity index (χ0n) is 14.8. The lowest BCUT2D eigenvalue weighted by Gasteiger charge is -2.34. The van der Waals surface area contributed by atoms with Gasteiger partial charge in [-0.1, -0.05) is 6.07 Å². The summed E-state index contributed by atoms with van der Waals surface area (Å²) >= 11 is 0. The number of carbonyl (C=O) groups excluding carboxylic acids is 1. The van der Waals surface area contributed by atoms with E-state index in [-0.39, 0.29) is 29.5 Å². The zero-order chi connectivity index (χ0) is 20.0. The number of pyridine rings is 1. The SMILES string of the molecule is CN(C(=O)c1cccc(F)c1)C1COCc2[nH]c(=O)c3cc(F)c(F)cc3c21. The number of aromatic nitrogens is 1. The predicted octanol–water partition coefficient (Wildman–Crippen LogP) is 3.29. The molecule has 2 aromatic carbocycles. The highest BCUT2D eigenvalue weighted by Gasteiger charge is 2.31. The number of nitrogens with one attached hydrogen (secondary N) is 1. The van der Waals surface area contributed by atoms with Gasteiger partial charge in [0.2, 0.25) is 0 Å². The molecule has 2 heterocycles. The van der Waals surface area contributed by atoms with Gasteiger partial charge in [-0.05, 0) is 35.7 Å². The second-order valence-corrected chi connectivity index (χ2v) is 6.62. The molecular weight excluding hydrogens is 373 g/mol. The van der Waals surface area contributed by atoms with E-state index in [2.05, 4.69) is 4.98 Å². The maximum absolute atomic E-state index is 13.9. The standard InChI is InChI=1S/C20H15F3N2O3/c1-25(20(27)10-3-2-4-11(21)5-10)17-9-28-8-16-18(17)12-6-14(22)15(23)7-13(12)19(26)24-16/h2-7,17H,8-9H2,1H3,(H,24,26). The lowest BCUT2D eigenvalue weighted by atomic mass is 9.95. The summed E-state index contributed by atoms with van der Waals surface area (Å²) in [5.41, 5.74) is 0.433. The van der Waals surface area contributed by atoms with Crippen LogP contribution in [0.25, 0.3) is 10.8 Å². The molecule has 1 unspecified atom stereocenters. The number of fused-ring (bicyclic) bond motifs is 3. The Morgan fingerprint density at radius 2 is 1.86 bits per heavy atom. The number of aromatic amines is 1. The summed E-state index contributed by atoms with van der Waals surface area (Å²) in [5.74, 6) is -3.25. The second kappa shape index (κ2) is 6.79. The van der Waals surface area contributed by atoms with Crippen LogP contribution in [0.3, 0.4) is 0 Å². The van der Waals surface area contributed by atoms with Crippen molar-refractivity contribution in [1.82, 2.24) is 9.88 Å². The molecule has 0 fully saturated rings. The Balaban J connectivity index is 1.86. The quantitative estimate of drug-likeness (QED) is 0.733. The van der Waals surface area contributed by atoms with Crippen LogP contribution in [0.1, 0.15) is 27.7 Å². The van der Waals surface area contributed by atoms with E-state index in [1.54, 1.807) is 0 Å². The minimum Gasteiger partial charge on any atom is -0.373 e. The zero-order valence-corrected chi connectivity index (χ0v) is 14.8. The number of benzene rings is 2. The number of rotatable bonds is 2. The second-order valence-electron chi connectivity index (χ2n) is 6.62. The van der Waals surface area contributed by atoms with Gasteiger partial charge in [-0.15, -0.1) is 0 Å². The van der Waals surface area contributed by atoms with Crippen molar-refractivity contribution in [1.29, 1.82) is 0 Å². The van der Waals surface area contributed by atoms with Crippen LogP contribution in [-0.2, 0) is 11.3 Å². The van der Waals surface area contributed by atoms with E-state index >= 15 is 0 Å². The lowest BCUT2D eigenvalue weighted by Crippen LogP contribution is -2.37. The molecule has 5 nitrogen and oxygen atoms in total. The highest BCUT2D eigenvalue weighted by molar-refractivity contribution is 5.95. The molecule has 1 atom stereocenters. The van der Waals surface area contributed by atoms with E-state index in [0.717, 1.165) is 18.2 Å². The van der Waals surface area contributed by atoms with E-state index < -0.39 is 35.0 Å². The van der Waals surface area contributed by atoms with Gasteiger partial charge in [0.05, 0.1) is 24.6 Å². The molecule has 1 amide bonds. The highest BCUT2D eigenvalue weighted by Crippen LogP contribution is 2.34. The van der Waals surface area contributed by atoms with Crippen LogP contribution in [-0.4, -0.2) is 29.4 Å². The van der Waals surface area contributed by atoms with Crippen molar-refractivity contribution in [3.8, 4) is 0 Å². The molecule has 0 aliphatic carbocycles. The molecule has 0 radical (unpaired) electrons. The number of carbonyl (C=O) groups is 1. The average molecular weight is 388 g/mol. The monoisotopic (exact) mass is 388 g/mol. The molecule has 0 saturated carbocycles. The molecule has 1 aromatic heterocycles. The van der Waals surface area contributed by atoms with Crippen LogP contribution in [0.2, 0.25) is 0 Å². The fourth-order valence-corrected chi connectivity index (χ4v) is 3.51. The van der Waals surface area contributed by atoms with E-state index in [0.29, 0.717) is 11.3 Å². The third kappa shape index (κ3) is 2.95. The maximum atomic E-state index is 13.9. The van der Waals surface area contributed by atoms with Gasteiger partial charge in [-0.25, -0.2) is 13.2 Å². The van der Waals surface area contributed by atoms with Gasteiger partial charge in [0.1, 0.15) is 5.82 Å². The smallest absolute Gasteiger partial charge is 0.256 e. The van der Waals surface area contributed by atoms with Crippen LogP contribution in [0.5, 0.6) is 0 Å². The summed E-state index contributed by atoms with van der Waals surface area (Å²) in [7, 11) is 1.51. The molecule has 3 aromatic rings. The largest absolute Gasteiger partial charge is 0.373 e. The van der Waals surface area contributed by atoms with Crippen LogP contribution in [0, 0.1) is 17.5 Å². The maximum Gasteiger partial charge on any atom is 0.256 e. The van der Waals surface area contributed by atoms with Gasteiger partial charge < -0.3 is 14.6 Å². The van der Waals surface area contributed by atoms with Crippen molar-refractivity contribution < 1.29 is 22.7 Å². The molecule has 1 aliphatic rings. The Morgan fingerprint density at radius 1 is 1.14 bits per heavy atom. The summed E-state index contributed by atoms with van der Waals surface area (Å²) in [6.07, 6.45) is 0. The number of hydrogen-bond acceptors (Lipinski definition) is 3. The lowest BCUT2D eigenvalue weighted by molar-refractivity contribution is 0.0335. The molecule has 1 N–H and O–H groups in total. The third-order valence-electron chi connectivity index (χ3n) is 4.90. The van der Waals surface area contributed by atoms with Crippen molar-refractivity contribution in [2.45, 2.75) is 12.6 Å². The Bertz CT molecular complexity index is 1160. The first-order valence-electron chi connectivity index (χ1n) is 8.51. The Hall–Kier alpha value is -3.13. The van der Waals surface area contributed by atoms with Gasteiger partial charge in [0.25, 0.3) is 11.5 Å². The first kappa shape index (κ1) is 18.2. The summed E-state index contributed by atoms with van der Waals surface area (Å²) in [6.45, 7) is 0.155. The number of halogens is 3. The van der Waals surface area contributed by atoms with Crippen molar-refractivity contribution in [3.63, 3.8) is 0 Å². The van der Waals surface area contributed by atoms with Gasteiger partial charge in [-0.2, -0.15) is 0 Å². The van der Waals surface area contributed by atoms with E-state index in [9.17, 15) is 22.8 Å². The first-order valence-corrected chi connectivity index (χ1v) is 8.51. The van der Waals surface area contributed by atoms with Crippen LogP contribution in [0.4, 0.5) is 13.2 Å². The van der Waals surface area contributed by atoms with Crippen LogP contribution >= 0.6 is 0 Å². The van der Waals surface area contributed by atoms with Gasteiger partial charge in [-0.3, -0.25) is 9.59 Å². The van der Waals surface area contributed by atoms with Gasteiger partial charge in [0, 0.05) is 23.9 Å². The number of likely N-dealkylation sites (N-methyl/N-ethyl adjacent to an activating group) is 1. The summed E-state index contributed by atoms with van der Waals surface area (Å²) < 4.78 is 46.5. The van der Waals surface area contributed by atoms with Gasteiger partial charge >= 0.3 is 0 Å². The average Bonchev–Trinajstić information content (AvgIpc) is 2.68. The van der Waals surface area contributed by atoms with E-state index in [1.807, 2.05) is 0 Å². The molecule has 1 aliphatic heterocycles. The molecule has 0 bridgehead atoms. The number of hydrogen-bond donors (Lipinski definition) is 1. The minimum atomic E-state index is -1.13. The predicted molar refractivity (Wildman–Crippen MR) is 95.4 cm³/mol. The van der Waals surface area contributed by atoms with E-state index in [4.69, 9.17) is 4.74 Å². The Morgan fingerprint density at radius 3 is 2.57 bits per heavy atom. The fourth-order valence-electron chi connectivity index (χ4n) is 3.51. The molecular formula is C20H15F3N2O3. The van der Waals surface area contributed by atoms with Crippen LogP contribution in [0.15, 0.2) is 41.2 Å². The third-order valence-corrected chi connectivity index (χ3v) is 4.90. The number of amides is 1. The molecule has 8 heteroatoms. The molecule has 0 saturated heterocycles. The van der Waals surface area contributed by atoms with Crippen molar-refractivity contribution in [3.05, 3.63) is 81.0 Å². The molecule has 28 heavy (non-hydrogen) atoms. The highest BCUT2D eigenvalue weighted by atomic mass is 19.2. The number of ether oxygens (including phenoxy) is 1. The number of nitrogens with zero attached hydrogens (tertiary/aromatic N) is 1. The van der Waals surface area contributed by atoms with Crippen molar-refractivity contribution >= 4 is 16.7 Å². The Labute approximate surface area is 157 Å². The molecule has 4 rings (SSSR count). The first-order chi connectivity index (χ1) is 13.4.